The third-order valence-electron chi connectivity index (χ3n) is 4.12. The lowest BCUT2D eigenvalue weighted by Crippen LogP contribution is -2.47. The van der Waals surface area contributed by atoms with Gasteiger partial charge in [-0.15, -0.1) is 0 Å². The Morgan fingerprint density at radius 3 is 2.29 bits per heavy atom. The highest BCUT2D eigenvalue weighted by Crippen LogP contribution is 2.26. The molecule has 0 saturated carbocycles. The van der Waals surface area contributed by atoms with E-state index in [2.05, 4.69) is 5.32 Å². The molecule has 0 saturated heterocycles. The van der Waals surface area contributed by atoms with E-state index in [0.29, 0.717) is 5.69 Å². The molecule has 150 valence electrons. The molecule has 0 radical (unpaired) electrons. The van der Waals surface area contributed by atoms with Crippen molar-refractivity contribution >= 4 is 33.0 Å². The van der Waals surface area contributed by atoms with Gasteiger partial charge in [0.15, 0.2) is 0 Å². The summed E-state index contributed by atoms with van der Waals surface area (Å²) >= 11 is 0. The van der Waals surface area contributed by atoms with Crippen LogP contribution in [0, 0.1) is 24.0 Å². The van der Waals surface area contributed by atoms with E-state index >= 15 is 0 Å². The van der Waals surface area contributed by atoms with Gasteiger partial charge in [0, 0.05) is 17.8 Å². The summed E-state index contributed by atoms with van der Waals surface area (Å²) in [4.78, 5) is 23.2. The molecule has 2 aromatic carbocycles. The molecule has 28 heavy (non-hydrogen) atoms. The number of nitro groups is 1. The van der Waals surface area contributed by atoms with Crippen LogP contribution >= 0.6 is 0 Å². The van der Waals surface area contributed by atoms with E-state index in [4.69, 9.17) is 0 Å². The first kappa shape index (κ1) is 21.4. The number of nitrogens with one attached hydrogen (secondary N) is 1. The molecular formula is C19H23N3O5S. The van der Waals surface area contributed by atoms with Crippen molar-refractivity contribution in [3.8, 4) is 0 Å². The average Bonchev–Trinajstić information content (AvgIpc) is 2.57. The molecule has 0 aliphatic heterocycles. The van der Waals surface area contributed by atoms with E-state index in [9.17, 15) is 23.3 Å². The lowest BCUT2D eigenvalue weighted by molar-refractivity contribution is -0.384. The number of carbonyl (C=O) groups is 1. The largest absolute Gasteiger partial charge is 0.324 e. The average molecular weight is 405 g/mol. The number of carbonyl (C=O) groups excluding carboxylic acids is 1. The van der Waals surface area contributed by atoms with Crippen molar-refractivity contribution in [1.82, 2.24) is 0 Å². The van der Waals surface area contributed by atoms with Crippen molar-refractivity contribution in [1.29, 1.82) is 0 Å². The van der Waals surface area contributed by atoms with Crippen LogP contribution in [0.5, 0.6) is 0 Å². The summed E-state index contributed by atoms with van der Waals surface area (Å²) in [6, 6.07) is 9.82. The van der Waals surface area contributed by atoms with Crippen LogP contribution in [-0.2, 0) is 14.8 Å². The Bertz CT molecular complexity index is 984. The van der Waals surface area contributed by atoms with E-state index in [1.54, 1.807) is 19.1 Å². The molecule has 1 N–H and O–H groups in total. The summed E-state index contributed by atoms with van der Waals surface area (Å²) < 4.78 is 26.1. The molecule has 1 amide bonds. The van der Waals surface area contributed by atoms with Crippen LogP contribution in [0.15, 0.2) is 42.5 Å². The third-order valence-corrected chi connectivity index (χ3v) is 5.30. The predicted molar refractivity (Wildman–Crippen MR) is 109 cm³/mol. The summed E-state index contributed by atoms with van der Waals surface area (Å²) in [6.45, 7) is 5.40. The minimum Gasteiger partial charge on any atom is -0.324 e. The summed E-state index contributed by atoms with van der Waals surface area (Å²) in [5.74, 6) is -0.562. The monoisotopic (exact) mass is 405 g/mol. The molecule has 0 fully saturated rings. The van der Waals surface area contributed by atoms with Crippen molar-refractivity contribution in [3.63, 3.8) is 0 Å². The Balaban J connectivity index is 2.42. The van der Waals surface area contributed by atoms with Crippen LogP contribution in [0.25, 0.3) is 0 Å². The molecule has 0 aliphatic carbocycles. The van der Waals surface area contributed by atoms with Crippen LogP contribution in [0.1, 0.15) is 24.5 Å². The van der Waals surface area contributed by atoms with Crippen molar-refractivity contribution in [3.05, 3.63) is 63.7 Å². The molecule has 0 spiro atoms. The molecule has 1 unspecified atom stereocenters. The fourth-order valence-electron chi connectivity index (χ4n) is 3.06. The van der Waals surface area contributed by atoms with Gasteiger partial charge in [-0.1, -0.05) is 19.1 Å². The molecule has 0 heterocycles. The smallest absolute Gasteiger partial charge is 0.271 e. The quantitative estimate of drug-likeness (QED) is 0.561. The van der Waals surface area contributed by atoms with Crippen LogP contribution in [-0.4, -0.2) is 31.5 Å². The highest BCUT2D eigenvalue weighted by molar-refractivity contribution is 7.92. The van der Waals surface area contributed by atoms with Crippen molar-refractivity contribution in [2.24, 2.45) is 0 Å². The fourth-order valence-corrected chi connectivity index (χ4v) is 4.26. The maximum Gasteiger partial charge on any atom is 0.271 e. The molecular weight excluding hydrogens is 382 g/mol. The van der Waals surface area contributed by atoms with Crippen molar-refractivity contribution < 1.29 is 18.1 Å². The van der Waals surface area contributed by atoms with Crippen molar-refractivity contribution in [2.45, 2.75) is 33.2 Å². The molecule has 1 atom stereocenters. The van der Waals surface area contributed by atoms with Gasteiger partial charge >= 0.3 is 0 Å². The van der Waals surface area contributed by atoms with Gasteiger partial charge in [0.25, 0.3) is 5.69 Å². The number of hydrogen-bond acceptors (Lipinski definition) is 5. The molecule has 9 heteroatoms. The first-order valence-corrected chi connectivity index (χ1v) is 10.5. The SMILES string of the molecule is CCC(C(=O)Nc1cccc([N+](=O)[O-])c1)N(c1cc(C)cc(C)c1)S(C)(=O)=O. The van der Waals surface area contributed by atoms with Crippen LogP contribution < -0.4 is 9.62 Å². The van der Waals surface area contributed by atoms with Crippen LogP contribution in [0.4, 0.5) is 17.1 Å². The summed E-state index contributed by atoms with van der Waals surface area (Å²) in [5.41, 5.74) is 2.21. The number of rotatable bonds is 7. The number of aryl methyl sites for hydroxylation is 2. The molecule has 2 rings (SSSR count). The van der Waals surface area contributed by atoms with Gasteiger partial charge in [-0.25, -0.2) is 8.42 Å². The zero-order valence-corrected chi connectivity index (χ0v) is 17.0. The van der Waals surface area contributed by atoms with Crippen molar-refractivity contribution in [2.75, 3.05) is 15.9 Å². The van der Waals surface area contributed by atoms with Gasteiger partial charge in [-0.05, 0) is 49.6 Å². The highest BCUT2D eigenvalue weighted by Gasteiger charge is 2.32. The van der Waals surface area contributed by atoms with Gasteiger partial charge < -0.3 is 5.32 Å². The lowest BCUT2D eigenvalue weighted by Gasteiger charge is -2.30. The number of nitrogens with zero attached hydrogens (tertiary/aromatic N) is 2. The number of nitro benzene ring substituents is 1. The maximum atomic E-state index is 12.9. The summed E-state index contributed by atoms with van der Waals surface area (Å²) in [5, 5.41) is 13.5. The lowest BCUT2D eigenvalue weighted by atomic mass is 10.1. The second-order valence-electron chi connectivity index (χ2n) is 6.63. The van der Waals surface area contributed by atoms with Gasteiger partial charge in [-0.2, -0.15) is 0 Å². The van der Waals surface area contributed by atoms with E-state index in [1.165, 1.54) is 24.3 Å². The van der Waals surface area contributed by atoms with Crippen LogP contribution in [0.3, 0.4) is 0 Å². The second kappa shape index (κ2) is 8.39. The number of anilines is 2. The Labute approximate surface area is 164 Å². The Morgan fingerprint density at radius 2 is 1.79 bits per heavy atom. The van der Waals surface area contributed by atoms with E-state index in [0.717, 1.165) is 21.7 Å². The van der Waals surface area contributed by atoms with Gasteiger partial charge in [0.1, 0.15) is 6.04 Å². The Morgan fingerprint density at radius 1 is 1.18 bits per heavy atom. The molecule has 0 bridgehead atoms. The second-order valence-corrected chi connectivity index (χ2v) is 8.48. The Kier molecular flexibility index (Phi) is 6.40. The molecule has 2 aromatic rings. The third kappa shape index (κ3) is 5.07. The minimum atomic E-state index is -3.76. The number of sulfonamides is 1. The van der Waals surface area contributed by atoms with Crippen LogP contribution in [0.2, 0.25) is 0 Å². The van der Waals surface area contributed by atoms with Gasteiger partial charge in [-0.3, -0.25) is 19.2 Å². The van der Waals surface area contributed by atoms with E-state index < -0.39 is 26.9 Å². The first-order chi connectivity index (χ1) is 13.0. The van der Waals surface area contributed by atoms with Gasteiger partial charge in [0.05, 0.1) is 16.9 Å². The van der Waals surface area contributed by atoms with Gasteiger partial charge in [0.2, 0.25) is 15.9 Å². The molecule has 0 aromatic heterocycles. The molecule has 8 nitrogen and oxygen atoms in total. The fraction of sp³-hybridized carbons (Fsp3) is 0.316. The minimum absolute atomic E-state index is 0.167. The zero-order valence-electron chi connectivity index (χ0n) is 16.2. The molecule has 0 aliphatic rings. The van der Waals surface area contributed by atoms with E-state index in [-0.39, 0.29) is 17.8 Å². The summed E-state index contributed by atoms with van der Waals surface area (Å²) in [6.07, 6.45) is 1.27. The summed E-state index contributed by atoms with van der Waals surface area (Å²) in [7, 11) is -3.76. The number of benzene rings is 2. The topological polar surface area (TPSA) is 110 Å². The van der Waals surface area contributed by atoms with E-state index in [1.807, 2.05) is 19.9 Å². The highest BCUT2D eigenvalue weighted by atomic mass is 32.2. The first-order valence-electron chi connectivity index (χ1n) is 8.66. The maximum absolute atomic E-state index is 12.9. The normalized spacial score (nSPS) is 12.3. The number of amides is 1. The number of non-ortho nitro benzene ring substituents is 1. The Hall–Kier alpha value is -2.94. The standard InChI is InChI=1S/C19H23N3O5S/c1-5-18(19(23)20-15-7-6-8-16(12-15)22(24)25)21(28(4,26)27)17-10-13(2)9-14(3)11-17/h6-12,18H,5H2,1-4H3,(H,20,23). The predicted octanol–water partition coefficient (Wildman–Crippen LogP) is 3.39. The number of hydrogen-bond donors (Lipinski definition) is 1. The zero-order chi connectivity index (χ0) is 21.1.